The van der Waals surface area contributed by atoms with Crippen molar-refractivity contribution in [2.24, 2.45) is 0 Å². The van der Waals surface area contributed by atoms with Crippen LogP contribution >= 0.6 is 11.6 Å². The summed E-state index contributed by atoms with van der Waals surface area (Å²) in [6, 6.07) is 13.7. The molecule has 6 nitrogen and oxygen atoms in total. The minimum Gasteiger partial charge on any atom is -0.273 e. The van der Waals surface area contributed by atoms with Crippen LogP contribution in [0.2, 0.25) is 0 Å². The van der Waals surface area contributed by atoms with Gasteiger partial charge in [0.15, 0.2) is 0 Å². The predicted molar refractivity (Wildman–Crippen MR) is 86.6 cm³/mol. The zero-order valence-electron chi connectivity index (χ0n) is 11.7. The summed E-state index contributed by atoms with van der Waals surface area (Å²) in [6.07, 6.45) is 0. The first-order chi connectivity index (χ1) is 11.0. The largest absolute Gasteiger partial charge is 0.350 e. The van der Waals surface area contributed by atoms with E-state index in [-0.39, 0.29) is 15.9 Å². The van der Waals surface area contributed by atoms with E-state index in [9.17, 15) is 18.0 Å². The summed E-state index contributed by atoms with van der Waals surface area (Å²) in [4.78, 5) is 24.5. The number of hydrogen-bond donors (Lipinski definition) is 0. The van der Waals surface area contributed by atoms with Gasteiger partial charge >= 0.3 is 5.69 Å². The summed E-state index contributed by atoms with van der Waals surface area (Å²) in [5, 5.41) is 0. The first-order valence-electron chi connectivity index (χ1n) is 6.61. The van der Waals surface area contributed by atoms with Gasteiger partial charge in [0.1, 0.15) is 5.88 Å². The second-order valence-electron chi connectivity index (χ2n) is 4.72. The van der Waals surface area contributed by atoms with Crippen LogP contribution in [0.3, 0.4) is 0 Å². The Morgan fingerprint density at radius 3 is 2.13 bits per heavy atom. The number of aromatic nitrogens is 2. The molecule has 8 heteroatoms. The van der Waals surface area contributed by atoms with Crippen LogP contribution in [-0.2, 0) is 10.0 Å². The van der Waals surface area contributed by atoms with E-state index in [1.165, 1.54) is 24.3 Å². The van der Waals surface area contributed by atoms with Crippen LogP contribution in [0.5, 0.6) is 0 Å². The fourth-order valence-electron chi connectivity index (χ4n) is 2.35. The first kappa shape index (κ1) is 15.5. The van der Waals surface area contributed by atoms with Crippen LogP contribution in [0, 0.1) is 0 Å². The van der Waals surface area contributed by atoms with E-state index in [0.717, 1.165) is 4.57 Å². The number of imidazole rings is 1. The van der Waals surface area contributed by atoms with Crippen LogP contribution in [0.4, 0.5) is 0 Å². The fourth-order valence-corrected chi connectivity index (χ4v) is 3.88. The average molecular weight is 351 g/mol. The summed E-state index contributed by atoms with van der Waals surface area (Å²) in [5.74, 6) is -1.12. The zero-order chi connectivity index (χ0) is 16.6. The topological polar surface area (TPSA) is 78.1 Å². The lowest BCUT2D eigenvalue weighted by molar-refractivity contribution is 0.0941. The molecule has 0 spiro atoms. The molecule has 0 radical (unpaired) electrons. The molecule has 2 aromatic carbocycles. The Balaban J connectivity index is 2.42. The number of para-hydroxylation sites is 2. The van der Waals surface area contributed by atoms with Crippen molar-refractivity contribution < 1.29 is 13.2 Å². The predicted octanol–water partition coefficient (Wildman–Crippen LogP) is 1.92. The molecule has 0 amide bonds. The molecule has 0 fully saturated rings. The van der Waals surface area contributed by atoms with Crippen LogP contribution in [0.1, 0.15) is 4.79 Å². The maximum atomic E-state index is 12.8. The fraction of sp³-hybridized carbons (Fsp3) is 0.0667. The summed E-state index contributed by atoms with van der Waals surface area (Å²) in [5.41, 5.74) is -0.636. The Bertz CT molecular complexity index is 1050. The molecule has 1 heterocycles. The summed E-state index contributed by atoms with van der Waals surface area (Å²) in [7, 11) is -4.13. The van der Waals surface area contributed by atoms with E-state index >= 15 is 0 Å². The molecule has 0 aliphatic rings. The van der Waals surface area contributed by atoms with Gasteiger partial charge in [-0.2, -0.15) is 3.97 Å². The van der Waals surface area contributed by atoms with Gasteiger partial charge in [0.2, 0.25) is 5.91 Å². The van der Waals surface area contributed by atoms with Crippen LogP contribution in [0.15, 0.2) is 64.3 Å². The van der Waals surface area contributed by atoms with Crippen molar-refractivity contribution in [3.8, 4) is 0 Å². The number of nitrogens with zero attached hydrogens (tertiary/aromatic N) is 2. The third-order valence-electron chi connectivity index (χ3n) is 3.35. The molecule has 3 rings (SSSR count). The lowest BCUT2D eigenvalue weighted by Crippen LogP contribution is -2.33. The molecule has 3 aromatic rings. The van der Waals surface area contributed by atoms with Crippen molar-refractivity contribution in [1.29, 1.82) is 0 Å². The number of carbonyl (C=O) groups excluding carboxylic acids is 1. The Morgan fingerprint density at radius 1 is 0.957 bits per heavy atom. The van der Waals surface area contributed by atoms with E-state index in [2.05, 4.69) is 0 Å². The molecule has 0 bridgehead atoms. The maximum absolute atomic E-state index is 12.8. The third-order valence-corrected chi connectivity index (χ3v) is 5.28. The molecule has 0 aliphatic carbocycles. The van der Waals surface area contributed by atoms with E-state index in [1.54, 1.807) is 30.3 Å². The monoisotopic (exact) mass is 350 g/mol. The minimum atomic E-state index is -4.13. The van der Waals surface area contributed by atoms with E-state index in [4.69, 9.17) is 11.6 Å². The highest BCUT2D eigenvalue weighted by atomic mass is 35.5. The Morgan fingerprint density at radius 2 is 1.52 bits per heavy atom. The van der Waals surface area contributed by atoms with E-state index in [0.29, 0.717) is 3.97 Å². The van der Waals surface area contributed by atoms with Crippen molar-refractivity contribution in [1.82, 2.24) is 8.54 Å². The highest BCUT2D eigenvalue weighted by Crippen LogP contribution is 2.19. The highest BCUT2D eigenvalue weighted by Gasteiger charge is 2.26. The smallest absolute Gasteiger partial charge is 0.273 e. The summed E-state index contributed by atoms with van der Waals surface area (Å²) >= 11 is 5.53. The van der Waals surface area contributed by atoms with Crippen LogP contribution in [0.25, 0.3) is 11.0 Å². The van der Waals surface area contributed by atoms with Gasteiger partial charge in [-0.15, -0.1) is 11.6 Å². The van der Waals surface area contributed by atoms with E-state index in [1.807, 2.05) is 0 Å². The third kappa shape index (κ3) is 2.38. The quantitative estimate of drug-likeness (QED) is 0.676. The molecular formula is C15H11ClN2O4S. The van der Waals surface area contributed by atoms with Crippen LogP contribution in [-0.4, -0.2) is 28.7 Å². The first-order valence-corrected chi connectivity index (χ1v) is 8.58. The molecular weight excluding hydrogens is 340 g/mol. The van der Waals surface area contributed by atoms with Gasteiger partial charge in [0.25, 0.3) is 10.0 Å². The molecule has 0 aliphatic heterocycles. The minimum absolute atomic E-state index is 0.0386. The van der Waals surface area contributed by atoms with Crippen molar-refractivity contribution in [2.45, 2.75) is 4.90 Å². The molecule has 0 atom stereocenters. The second kappa shape index (κ2) is 5.68. The summed E-state index contributed by atoms with van der Waals surface area (Å²) < 4.78 is 27.0. The van der Waals surface area contributed by atoms with Gasteiger partial charge < -0.3 is 0 Å². The zero-order valence-corrected chi connectivity index (χ0v) is 13.3. The average Bonchev–Trinajstić information content (AvgIpc) is 2.87. The van der Waals surface area contributed by atoms with Crippen molar-refractivity contribution in [3.05, 3.63) is 65.1 Å². The highest BCUT2D eigenvalue weighted by molar-refractivity contribution is 7.90. The maximum Gasteiger partial charge on any atom is 0.350 e. The Kier molecular flexibility index (Phi) is 3.83. The molecule has 0 saturated heterocycles. The number of carbonyl (C=O) groups is 1. The molecule has 1 aromatic heterocycles. The number of hydrogen-bond acceptors (Lipinski definition) is 4. The van der Waals surface area contributed by atoms with Gasteiger partial charge in [-0.25, -0.2) is 17.8 Å². The van der Waals surface area contributed by atoms with Crippen molar-refractivity contribution in [3.63, 3.8) is 0 Å². The van der Waals surface area contributed by atoms with E-state index < -0.39 is 27.5 Å². The standard InChI is InChI=1S/C15H11ClN2O4S/c16-10-14(19)17-12-8-4-5-9-13(12)18(15(17)20)23(21,22)11-6-2-1-3-7-11/h1-9H,10H2. The van der Waals surface area contributed by atoms with Gasteiger partial charge in [0.05, 0.1) is 15.9 Å². The van der Waals surface area contributed by atoms with Gasteiger partial charge in [-0.1, -0.05) is 30.3 Å². The van der Waals surface area contributed by atoms with Gasteiger partial charge in [-0.3, -0.25) is 4.79 Å². The van der Waals surface area contributed by atoms with Crippen LogP contribution < -0.4 is 5.69 Å². The lowest BCUT2D eigenvalue weighted by Gasteiger charge is -2.05. The van der Waals surface area contributed by atoms with Crippen molar-refractivity contribution >= 4 is 38.6 Å². The number of fused-ring (bicyclic) bond motifs is 1. The van der Waals surface area contributed by atoms with Crippen molar-refractivity contribution in [2.75, 3.05) is 5.88 Å². The molecule has 23 heavy (non-hydrogen) atoms. The number of alkyl halides is 1. The second-order valence-corrected chi connectivity index (χ2v) is 6.77. The molecule has 0 saturated carbocycles. The Labute approximate surface area is 136 Å². The molecule has 118 valence electrons. The molecule has 0 N–H and O–H groups in total. The summed E-state index contributed by atoms with van der Waals surface area (Å²) in [6.45, 7) is 0. The van der Waals surface area contributed by atoms with Gasteiger partial charge in [0, 0.05) is 0 Å². The SMILES string of the molecule is O=C(CCl)n1c(=O)n(S(=O)(=O)c2ccccc2)c2ccccc21. The normalized spacial score (nSPS) is 11.7. The molecule has 0 unspecified atom stereocenters. The van der Waals surface area contributed by atoms with Gasteiger partial charge in [-0.05, 0) is 24.3 Å². The number of halogens is 1. The Hall–Kier alpha value is -2.38. The number of benzene rings is 2. The number of rotatable bonds is 3. The lowest BCUT2D eigenvalue weighted by atomic mass is 10.3.